The van der Waals surface area contributed by atoms with Gasteiger partial charge in [0.05, 0.1) is 0 Å². The summed E-state index contributed by atoms with van der Waals surface area (Å²) in [5, 5.41) is 21.7. The van der Waals surface area contributed by atoms with E-state index in [0.29, 0.717) is 6.29 Å². The minimum atomic E-state index is -1.58. The Morgan fingerprint density at radius 2 is 2.17 bits per heavy atom. The summed E-state index contributed by atoms with van der Waals surface area (Å²) in [4.78, 5) is 21.4. The number of hydrogen-bond donors (Lipinski definition) is 3. The third-order valence-electron chi connectivity index (χ3n) is 2.43. The number of nitrogens with one attached hydrogen (secondary N) is 1. The predicted octanol–water partition coefficient (Wildman–Crippen LogP) is 0.169. The van der Waals surface area contributed by atoms with Crippen LogP contribution in [0.25, 0.3) is 0 Å². The molecule has 5 nitrogen and oxygen atoms in total. The number of rotatable bonds is 5. The van der Waals surface area contributed by atoms with Gasteiger partial charge in [0.15, 0.2) is 6.29 Å². The van der Waals surface area contributed by atoms with Gasteiger partial charge >= 0.3 is 0 Å². The number of carbonyl (C=O) groups excluding carboxylic acids is 2. The highest BCUT2D eigenvalue weighted by molar-refractivity contribution is 5.77. The number of hydrogen-bond acceptors (Lipinski definition) is 4. The average molecular weight is 255 g/mol. The number of aliphatic hydroxyl groups is 2. The summed E-state index contributed by atoms with van der Waals surface area (Å²) in [5.74, 6) is -1.17. The van der Waals surface area contributed by atoms with Crippen molar-refractivity contribution in [3.8, 4) is 0 Å². The quantitative estimate of drug-likeness (QED) is 0.654. The summed E-state index contributed by atoms with van der Waals surface area (Å²) in [5.41, 5.74) is -0.310. The standard InChI is InChI=1S/C12H14FNO4/c1-7(16)14-5-10(17)12(18)11-8(6-15)3-2-4-9(11)13/h2-4,6,10,12,17-18H,5H2,1H3,(H,14,16). The zero-order valence-corrected chi connectivity index (χ0v) is 9.76. The van der Waals surface area contributed by atoms with E-state index in [9.17, 15) is 24.2 Å². The Kier molecular flexibility index (Phi) is 4.94. The second-order valence-electron chi connectivity index (χ2n) is 3.81. The topological polar surface area (TPSA) is 86.6 Å². The normalized spacial score (nSPS) is 13.8. The molecule has 0 aliphatic heterocycles. The van der Waals surface area contributed by atoms with Crippen LogP contribution in [0, 0.1) is 5.82 Å². The highest BCUT2D eigenvalue weighted by Crippen LogP contribution is 2.23. The second kappa shape index (κ2) is 6.23. The lowest BCUT2D eigenvalue weighted by molar-refractivity contribution is -0.119. The zero-order valence-electron chi connectivity index (χ0n) is 9.76. The third-order valence-corrected chi connectivity index (χ3v) is 2.43. The first kappa shape index (κ1) is 14.3. The molecular formula is C12H14FNO4. The Hall–Kier alpha value is -1.79. The molecule has 1 rings (SSSR count). The van der Waals surface area contributed by atoms with Gasteiger partial charge in [-0.15, -0.1) is 0 Å². The molecule has 0 saturated heterocycles. The van der Waals surface area contributed by atoms with Crippen molar-refractivity contribution in [2.24, 2.45) is 0 Å². The zero-order chi connectivity index (χ0) is 13.7. The first-order valence-electron chi connectivity index (χ1n) is 5.31. The molecule has 0 radical (unpaired) electrons. The van der Waals surface area contributed by atoms with Gasteiger partial charge in [0.1, 0.15) is 18.0 Å². The van der Waals surface area contributed by atoms with Crippen LogP contribution in [0.1, 0.15) is 28.9 Å². The molecule has 0 aliphatic carbocycles. The summed E-state index contributed by atoms with van der Waals surface area (Å²) in [6, 6.07) is 3.74. The lowest BCUT2D eigenvalue weighted by atomic mass is 9.98. The van der Waals surface area contributed by atoms with E-state index in [4.69, 9.17) is 0 Å². The number of benzene rings is 1. The molecular weight excluding hydrogens is 241 g/mol. The van der Waals surface area contributed by atoms with Crippen molar-refractivity contribution in [1.82, 2.24) is 5.32 Å². The Balaban J connectivity index is 2.92. The number of halogens is 1. The average Bonchev–Trinajstić information content (AvgIpc) is 2.34. The first-order chi connectivity index (χ1) is 8.47. The maximum atomic E-state index is 13.5. The number of carbonyl (C=O) groups is 2. The molecule has 0 heterocycles. The SMILES string of the molecule is CC(=O)NCC(O)C(O)c1c(F)cccc1C=O. The van der Waals surface area contributed by atoms with Crippen LogP contribution in [0.4, 0.5) is 4.39 Å². The summed E-state index contributed by atoms with van der Waals surface area (Å²) >= 11 is 0. The summed E-state index contributed by atoms with van der Waals surface area (Å²) < 4.78 is 13.5. The van der Waals surface area contributed by atoms with E-state index in [0.717, 1.165) is 6.07 Å². The van der Waals surface area contributed by atoms with Crippen molar-refractivity contribution >= 4 is 12.2 Å². The van der Waals surface area contributed by atoms with E-state index in [1.807, 2.05) is 0 Å². The van der Waals surface area contributed by atoms with Gasteiger partial charge in [0, 0.05) is 24.6 Å². The number of amides is 1. The Labute approximate surface area is 103 Å². The van der Waals surface area contributed by atoms with Crippen molar-refractivity contribution in [2.45, 2.75) is 19.1 Å². The summed E-state index contributed by atoms with van der Waals surface area (Å²) in [6.45, 7) is 1.02. The van der Waals surface area contributed by atoms with Crippen LogP contribution in [0.5, 0.6) is 0 Å². The highest BCUT2D eigenvalue weighted by Gasteiger charge is 2.24. The van der Waals surface area contributed by atoms with Gasteiger partial charge in [-0.1, -0.05) is 12.1 Å². The fourth-order valence-electron chi connectivity index (χ4n) is 1.52. The lowest BCUT2D eigenvalue weighted by Crippen LogP contribution is -2.34. The molecule has 0 spiro atoms. The fraction of sp³-hybridized carbons (Fsp3) is 0.333. The smallest absolute Gasteiger partial charge is 0.216 e. The largest absolute Gasteiger partial charge is 0.388 e. The van der Waals surface area contributed by atoms with Crippen LogP contribution >= 0.6 is 0 Å². The molecule has 0 aliphatic rings. The van der Waals surface area contributed by atoms with Gasteiger partial charge in [0.25, 0.3) is 0 Å². The van der Waals surface area contributed by atoms with Gasteiger partial charge in [-0.2, -0.15) is 0 Å². The molecule has 2 unspecified atom stereocenters. The monoisotopic (exact) mass is 255 g/mol. The van der Waals surface area contributed by atoms with Crippen LogP contribution in [0.15, 0.2) is 18.2 Å². The highest BCUT2D eigenvalue weighted by atomic mass is 19.1. The Bertz CT molecular complexity index is 450. The molecule has 98 valence electrons. The van der Waals surface area contributed by atoms with E-state index in [-0.39, 0.29) is 23.6 Å². The number of aldehydes is 1. The lowest BCUT2D eigenvalue weighted by Gasteiger charge is -2.20. The molecule has 0 bridgehead atoms. The minimum absolute atomic E-state index is 0.0376. The van der Waals surface area contributed by atoms with Gasteiger partial charge in [-0.05, 0) is 6.07 Å². The van der Waals surface area contributed by atoms with Crippen LogP contribution in [-0.2, 0) is 4.79 Å². The van der Waals surface area contributed by atoms with Gasteiger partial charge in [-0.3, -0.25) is 9.59 Å². The minimum Gasteiger partial charge on any atom is -0.388 e. The Morgan fingerprint density at radius 1 is 1.50 bits per heavy atom. The molecule has 18 heavy (non-hydrogen) atoms. The molecule has 1 amide bonds. The van der Waals surface area contributed by atoms with Gasteiger partial charge in [-0.25, -0.2) is 4.39 Å². The van der Waals surface area contributed by atoms with E-state index in [1.54, 1.807) is 0 Å². The predicted molar refractivity (Wildman–Crippen MR) is 61.4 cm³/mol. The number of aliphatic hydroxyl groups excluding tert-OH is 2. The van der Waals surface area contributed by atoms with Gasteiger partial charge < -0.3 is 15.5 Å². The van der Waals surface area contributed by atoms with Crippen LogP contribution < -0.4 is 5.32 Å². The van der Waals surface area contributed by atoms with Crippen molar-refractivity contribution < 1.29 is 24.2 Å². The molecule has 3 N–H and O–H groups in total. The fourth-order valence-corrected chi connectivity index (χ4v) is 1.52. The molecule has 6 heteroatoms. The third kappa shape index (κ3) is 3.35. The molecule has 2 atom stereocenters. The summed E-state index contributed by atoms with van der Waals surface area (Å²) in [7, 11) is 0. The van der Waals surface area contributed by atoms with Crippen molar-refractivity contribution in [3.63, 3.8) is 0 Å². The van der Waals surface area contributed by atoms with E-state index in [2.05, 4.69) is 5.32 Å². The first-order valence-corrected chi connectivity index (χ1v) is 5.31. The Morgan fingerprint density at radius 3 is 2.72 bits per heavy atom. The molecule has 0 fully saturated rings. The molecule has 0 saturated carbocycles. The molecule has 1 aromatic carbocycles. The molecule has 1 aromatic rings. The van der Waals surface area contributed by atoms with Crippen molar-refractivity contribution in [3.05, 3.63) is 35.1 Å². The van der Waals surface area contributed by atoms with E-state index < -0.39 is 18.0 Å². The van der Waals surface area contributed by atoms with Crippen molar-refractivity contribution in [1.29, 1.82) is 0 Å². The van der Waals surface area contributed by atoms with Crippen molar-refractivity contribution in [2.75, 3.05) is 6.54 Å². The van der Waals surface area contributed by atoms with E-state index >= 15 is 0 Å². The summed E-state index contributed by atoms with van der Waals surface area (Å²) in [6.07, 6.45) is -2.59. The van der Waals surface area contributed by atoms with E-state index in [1.165, 1.54) is 19.1 Å². The maximum Gasteiger partial charge on any atom is 0.216 e. The van der Waals surface area contributed by atoms with Gasteiger partial charge in [0.2, 0.25) is 5.91 Å². The van der Waals surface area contributed by atoms with Crippen LogP contribution in [-0.4, -0.2) is 35.1 Å². The maximum absolute atomic E-state index is 13.5. The van der Waals surface area contributed by atoms with Crippen LogP contribution in [0.2, 0.25) is 0 Å². The van der Waals surface area contributed by atoms with Crippen LogP contribution in [0.3, 0.4) is 0 Å². The second-order valence-corrected chi connectivity index (χ2v) is 3.81. The molecule has 0 aromatic heterocycles.